The summed E-state index contributed by atoms with van der Waals surface area (Å²) in [4.78, 5) is 67.9. The number of anilines is 1. The second-order valence-electron chi connectivity index (χ2n) is 10.1. The van der Waals surface area contributed by atoms with Crippen LogP contribution in [0, 0.1) is 0 Å². The molecule has 37 heavy (non-hydrogen) atoms. The number of nitrogens with zero attached hydrogens (tertiary/aromatic N) is 3. The van der Waals surface area contributed by atoms with Crippen LogP contribution in [0.5, 0.6) is 0 Å². The highest BCUT2D eigenvalue weighted by Crippen LogP contribution is 2.38. The van der Waals surface area contributed by atoms with E-state index in [0.717, 1.165) is 16.7 Å². The van der Waals surface area contributed by atoms with Crippen molar-refractivity contribution >= 4 is 35.5 Å². The van der Waals surface area contributed by atoms with Gasteiger partial charge in [-0.1, -0.05) is 36.4 Å². The lowest BCUT2D eigenvalue weighted by molar-refractivity contribution is -0.135. The quantitative estimate of drug-likeness (QED) is 0.608. The summed E-state index contributed by atoms with van der Waals surface area (Å²) in [7, 11) is 1.61. The van der Waals surface area contributed by atoms with Crippen molar-refractivity contribution in [2.75, 3.05) is 18.9 Å². The predicted octanol–water partition coefficient (Wildman–Crippen LogP) is 2.45. The van der Waals surface area contributed by atoms with Crippen molar-refractivity contribution in [1.29, 1.82) is 0 Å². The Morgan fingerprint density at radius 3 is 2.41 bits per heavy atom. The first-order valence-electron chi connectivity index (χ1n) is 12.3. The van der Waals surface area contributed by atoms with Crippen LogP contribution in [0.15, 0.2) is 48.5 Å². The Bertz CT molecular complexity index is 1310. The number of imide groups is 2. The molecule has 2 N–H and O–H groups in total. The maximum absolute atomic E-state index is 13.3. The van der Waals surface area contributed by atoms with E-state index in [2.05, 4.69) is 10.6 Å². The van der Waals surface area contributed by atoms with E-state index in [1.807, 2.05) is 42.5 Å². The van der Waals surface area contributed by atoms with Crippen LogP contribution in [0.3, 0.4) is 0 Å². The van der Waals surface area contributed by atoms with Gasteiger partial charge in [0.15, 0.2) is 0 Å². The van der Waals surface area contributed by atoms with Gasteiger partial charge < -0.3 is 15.1 Å². The molecule has 192 valence electrons. The predicted molar refractivity (Wildman–Crippen MR) is 134 cm³/mol. The van der Waals surface area contributed by atoms with Crippen molar-refractivity contribution in [3.05, 3.63) is 65.2 Å². The first-order valence-corrected chi connectivity index (χ1v) is 12.3. The topological polar surface area (TPSA) is 119 Å². The van der Waals surface area contributed by atoms with Gasteiger partial charge in [0.05, 0.1) is 12.5 Å². The fourth-order valence-electron chi connectivity index (χ4n) is 5.54. The lowest BCUT2D eigenvalue weighted by atomic mass is 9.95. The highest BCUT2D eigenvalue weighted by Gasteiger charge is 2.54. The van der Waals surface area contributed by atoms with Crippen molar-refractivity contribution in [3.8, 4) is 0 Å². The van der Waals surface area contributed by atoms with E-state index < -0.39 is 29.6 Å². The van der Waals surface area contributed by atoms with Crippen LogP contribution in [0.2, 0.25) is 0 Å². The van der Waals surface area contributed by atoms with Gasteiger partial charge in [-0.25, -0.2) is 9.59 Å². The number of hydrogen-bond donors (Lipinski definition) is 2. The number of benzene rings is 2. The third-order valence-electron chi connectivity index (χ3n) is 7.52. The van der Waals surface area contributed by atoms with Crippen molar-refractivity contribution in [2.45, 2.75) is 50.7 Å². The molecule has 10 heteroatoms. The van der Waals surface area contributed by atoms with Gasteiger partial charge >= 0.3 is 12.1 Å². The van der Waals surface area contributed by atoms with Gasteiger partial charge in [-0.05, 0) is 42.7 Å². The average Bonchev–Trinajstić information content (AvgIpc) is 3.33. The zero-order chi connectivity index (χ0) is 26.5. The van der Waals surface area contributed by atoms with Crippen LogP contribution in [-0.4, -0.2) is 69.7 Å². The number of likely N-dealkylation sites (N-methyl/N-ethyl adjacent to an activating group) is 1. The second-order valence-corrected chi connectivity index (χ2v) is 10.1. The third kappa shape index (κ3) is 4.12. The minimum Gasteiger partial charge on any atom is -0.325 e. The Balaban J connectivity index is 1.34. The first-order chi connectivity index (χ1) is 17.6. The zero-order valence-corrected chi connectivity index (χ0v) is 21.0. The number of urea groups is 2. The summed E-state index contributed by atoms with van der Waals surface area (Å²) in [6.45, 7) is 3.31. The molecule has 2 heterocycles. The zero-order valence-electron chi connectivity index (χ0n) is 21.0. The van der Waals surface area contributed by atoms with Gasteiger partial charge in [0.25, 0.3) is 5.91 Å². The van der Waals surface area contributed by atoms with Crippen LogP contribution in [0.25, 0.3) is 0 Å². The van der Waals surface area contributed by atoms with E-state index >= 15 is 0 Å². The van der Waals surface area contributed by atoms with Crippen molar-refractivity contribution in [1.82, 2.24) is 20.0 Å². The highest BCUT2D eigenvalue weighted by molar-refractivity contribution is 6.08. The van der Waals surface area contributed by atoms with E-state index in [4.69, 9.17) is 0 Å². The average molecular weight is 504 g/mol. The Kier molecular flexibility index (Phi) is 5.97. The summed E-state index contributed by atoms with van der Waals surface area (Å²) in [5.74, 6) is -0.982. The molecule has 1 unspecified atom stereocenters. The number of fused-ring (bicyclic) bond motifs is 1. The molecule has 0 radical (unpaired) electrons. The van der Waals surface area contributed by atoms with Crippen LogP contribution < -0.4 is 10.6 Å². The van der Waals surface area contributed by atoms with Crippen molar-refractivity contribution < 1.29 is 24.0 Å². The van der Waals surface area contributed by atoms with Gasteiger partial charge in [-0.3, -0.25) is 24.6 Å². The monoisotopic (exact) mass is 503 g/mol. The Morgan fingerprint density at radius 1 is 1.05 bits per heavy atom. The molecule has 0 saturated carbocycles. The normalized spacial score (nSPS) is 23.2. The minimum atomic E-state index is -0.946. The molecule has 1 aliphatic carbocycles. The lowest BCUT2D eigenvalue weighted by Crippen LogP contribution is -2.57. The number of carbonyl (C=O) groups is 5. The maximum Gasteiger partial charge on any atom is 0.327 e. The molecule has 0 bridgehead atoms. The largest absolute Gasteiger partial charge is 0.327 e. The van der Waals surface area contributed by atoms with Crippen molar-refractivity contribution in [3.63, 3.8) is 0 Å². The lowest BCUT2D eigenvalue weighted by Gasteiger charge is -2.41. The molecule has 2 aromatic carbocycles. The molecule has 7 amide bonds. The molecule has 10 nitrogen and oxygen atoms in total. The number of carbonyl (C=O) groups excluding carboxylic acids is 5. The summed E-state index contributed by atoms with van der Waals surface area (Å²) < 4.78 is 0. The number of hydrogen-bond acceptors (Lipinski definition) is 5. The van der Waals surface area contributed by atoms with E-state index in [1.54, 1.807) is 27.0 Å². The maximum atomic E-state index is 13.3. The first kappa shape index (κ1) is 24.5. The number of amides is 7. The summed E-state index contributed by atoms with van der Waals surface area (Å²) in [5.41, 5.74) is 2.19. The molecule has 2 aromatic rings. The van der Waals surface area contributed by atoms with Crippen LogP contribution in [-0.2, 0) is 27.2 Å². The van der Waals surface area contributed by atoms with Crippen LogP contribution >= 0.6 is 0 Å². The Labute approximate surface area is 214 Å². The van der Waals surface area contributed by atoms with Crippen LogP contribution in [0.1, 0.15) is 43.0 Å². The molecule has 5 rings (SSSR count). The van der Waals surface area contributed by atoms with Gasteiger partial charge in [0, 0.05) is 31.6 Å². The molecular weight excluding hydrogens is 474 g/mol. The SMILES string of the molecule is CC(C)N1C(=O)CC(c2ccccc2)N(CC(=O)Nc2ccc3c(c2)C[C@@]2(C3)C(=O)NC(=O)N2C)C1=O. The molecule has 0 aromatic heterocycles. The standard InChI is InChI=1S/C27H29N5O5/c1-16(2)32-23(34)12-21(17-7-5-4-6-8-17)31(26(32)37)15-22(33)28-20-10-9-18-13-27(14-19(18)11-20)24(35)29-25(36)30(27)3/h4-11,16,21H,12-15H2,1-3H3,(H,28,33)(H,29,35,36)/t21?,27-/m0/s1. The Morgan fingerprint density at radius 2 is 1.76 bits per heavy atom. The van der Waals surface area contributed by atoms with E-state index in [-0.39, 0.29) is 30.8 Å². The Hall–Kier alpha value is -4.21. The minimum absolute atomic E-state index is 0.0937. The van der Waals surface area contributed by atoms with E-state index in [0.29, 0.717) is 18.5 Å². The summed E-state index contributed by atoms with van der Waals surface area (Å²) in [6, 6.07) is 12.8. The fourth-order valence-corrected chi connectivity index (χ4v) is 5.54. The fraction of sp³-hybridized carbons (Fsp3) is 0.370. The summed E-state index contributed by atoms with van der Waals surface area (Å²) >= 11 is 0. The van der Waals surface area contributed by atoms with Gasteiger partial charge in [0.1, 0.15) is 12.1 Å². The molecule has 2 fully saturated rings. The molecule has 2 aliphatic heterocycles. The molecule has 3 aliphatic rings. The van der Waals surface area contributed by atoms with Gasteiger partial charge in [0.2, 0.25) is 11.8 Å². The molecule has 1 spiro atoms. The smallest absolute Gasteiger partial charge is 0.325 e. The summed E-state index contributed by atoms with van der Waals surface area (Å²) in [5, 5.41) is 5.24. The summed E-state index contributed by atoms with van der Waals surface area (Å²) in [6.07, 6.45) is 0.855. The number of rotatable bonds is 5. The highest BCUT2D eigenvalue weighted by atomic mass is 16.2. The molecule has 2 saturated heterocycles. The van der Waals surface area contributed by atoms with E-state index in [1.165, 1.54) is 14.7 Å². The van der Waals surface area contributed by atoms with Crippen molar-refractivity contribution in [2.24, 2.45) is 0 Å². The van der Waals surface area contributed by atoms with Gasteiger partial charge in [-0.2, -0.15) is 0 Å². The second kappa shape index (κ2) is 9.02. The number of nitrogens with one attached hydrogen (secondary N) is 2. The van der Waals surface area contributed by atoms with E-state index in [9.17, 15) is 24.0 Å². The van der Waals surface area contributed by atoms with Crippen LogP contribution in [0.4, 0.5) is 15.3 Å². The third-order valence-corrected chi connectivity index (χ3v) is 7.52. The molecule has 2 atom stereocenters. The van der Waals surface area contributed by atoms with Gasteiger partial charge in [-0.15, -0.1) is 0 Å². The molecular formula is C27H29N5O5.